The molecule has 0 amide bonds. The van der Waals surface area contributed by atoms with Gasteiger partial charge in [0.1, 0.15) is 5.69 Å². The molecule has 12 N–H and O–H groups in total. The molecule has 716 valence electrons. The van der Waals surface area contributed by atoms with Gasteiger partial charge in [-0.25, -0.2) is 0 Å². The van der Waals surface area contributed by atoms with Crippen LogP contribution >= 0.6 is 0 Å². The second-order valence-corrected chi connectivity index (χ2v) is 33.5. The molecule has 20 rings (SSSR count). The molecule has 0 bridgehead atoms. The first kappa shape index (κ1) is 98.4. The quantitative estimate of drug-likeness (QED) is 0.0178. The van der Waals surface area contributed by atoms with E-state index in [1.807, 2.05) is 282 Å². The largest absolute Gasteiger partial charge is 0.354 e. The van der Waals surface area contributed by atoms with Crippen LogP contribution in [0, 0.1) is 17.8 Å². The third-order valence-electron chi connectivity index (χ3n) is 20.8. The lowest BCUT2D eigenvalue weighted by Gasteiger charge is -2.18. The fourth-order valence-corrected chi connectivity index (χ4v) is 12.9. The molecular formula is C106H112N36. The van der Waals surface area contributed by atoms with Crippen molar-refractivity contribution in [2.24, 2.45) is 17.8 Å². The van der Waals surface area contributed by atoms with Crippen LogP contribution in [-0.2, 0) is 0 Å². The number of hydrogen-bond donors (Lipinski definition) is 12. The van der Waals surface area contributed by atoms with E-state index in [0.717, 1.165) is 93.9 Å². The summed E-state index contributed by atoms with van der Waals surface area (Å²) in [6.45, 7) is 19.4. The molecule has 36 nitrogen and oxygen atoms in total. The Morgan fingerprint density at radius 2 is 0.549 bits per heavy atom. The van der Waals surface area contributed by atoms with E-state index in [-0.39, 0.29) is 12.1 Å². The molecule has 2 aliphatic carbocycles. The molecule has 1 unspecified atom stereocenters. The summed E-state index contributed by atoms with van der Waals surface area (Å²) in [7, 11) is 0. The van der Waals surface area contributed by atoms with Crippen molar-refractivity contribution >= 4 is 106 Å². The van der Waals surface area contributed by atoms with Gasteiger partial charge in [0.25, 0.3) is 0 Å². The van der Waals surface area contributed by atoms with Crippen LogP contribution in [0.5, 0.6) is 0 Å². The van der Waals surface area contributed by atoms with Gasteiger partial charge in [-0.1, -0.05) is 204 Å². The highest BCUT2D eigenvalue weighted by molar-refractivity contribution is 5.68. The standard InChI is InChI=1S/2C19H22N6.C18H18N6.C17H16N6.C17H18N6.C16H16N6/c1-13(2)14(3)21-18-23-17(15-7-5-4-6-8-15)24-19(25-18)22-16-9-11-20-12-10-16;1-14(2)8-13-21-18-23-17(15-6-4-3-5-7-15)24-19(25-18)22-16-9-11-20-12-10-16;1-2-4-14(5-3-1)16-22-17(20-12-13-6-7-13)24-18(23-16)21-15-8-10-19-11-9-15;1-2-4-12(5-3-1)15-21-16(19-13-6-7-13)23-17(22-15)20-14-8-10-18-11-9-14;1-12(2)19-16-21-15(14-10-6-7-11-18-14)22-17(23-16)20-13-8-4-3-5-9-13;1-2-18-15-20-14(12-6-4-3-5-7-12)21-16(22-15)19-13-8-10-17-11-9-13/h4-14H,1-3H3,(H2,20,21,22,23,24,25);3-7,9-12,14H,8,13H2,1-2H3,(H2,20,21,22,23,24,25);1-5,8-11,13H,6-7,12H2,(H2,19,20,21,22,23,24);1-5,8-11,13H,6-7H2,(H2,18,19,20,21,22,23);3-12H,1-2H3,(H2,19,20,21,22,23);3-11H,2H2,1H3,(H2,17,18,19,20,21,22). The van der Waals surface area contributed by atoms with Crippen LogP contribution in [0.3, 0.4) is 0 Å². The normalized spacial score (nSPS) is 11.8. The number of nitrogens with one attached hydrogen (secondary N) is 12. The lowest BCUT2D eigenvalue weighted by Crippen LogP contribution is -2.23. The fraction of sp³-hybridized carbons (Fsp3) is 0.208. The Morgan fingerprint density at radius 1 is 0.261 bits per heavy atom. The van der Waals surface area contributed by atoms with Crippen molar-refractivity contribution in [3.05, 3.63) is 329 Å². The average Bonchev–Trinajstić information content (AvgIpc) is 1.34. The lowest BCUT2D eigenvalue weighted by atomic mass is 10.1. The SMILES string of the molecule is CC(C)C(C)Nc1nc(Nc2ccncc2)nc(-c2ccccc2)n1.CC(C)CCNc1nc(Nc2ccncc2)nc(-c2ccccc2)n1.CC(C)Nc1nc(Nc2ccccc2)nc(-c2ccccn2)n1.CCNc1nc(Nc2ccncc2)nc(-c2ccccc2)n1.c1ccc(-c2nc(NCC3CC3)nc(Nc3ccncc3)n2)cc1.c1ccc(-c2nc(Nc3ccncc3)nc(NC3CC3)n2)cc1. The maximum absolute atomic E-state index is 4.58. The third kappa shape index (κ3) is 32.6. The van der Waals surface area contributed by atoms with Crippen LogP contribution in [0.25, 0.3) is 68.5 Å². The molecule has 0 radical (unpaired) electrons. The minimum Gasteiger partial charge on any atom is -0.354 e. The topological polar surface area (TPSA) is 454 Å². The maximum atomic E-state index is 4.58. The van der Waals surface area contributed by atoms with Crippen LogP contribution < -0.4 is 63.8 Å². The molecule has 2 fully saturated rings. The number of anilines is 18. The van der Waals surface area contributed by atoms with E-state index >= 15 is 0 Å². The van der Waals surface area contributed by atoms with Crippen molar-refractivity contribution in [3.63, 3.8) is 0 Å². The number of para-hydroxylation sites is 1. The van der Waals surface area contributed by atoms with Crippen LogP contribution in [0.2, 0.25) is 0 Å². The highest BCUT2D eigenvalue weighted by Crippen LogP contribution is 2.32. The van der Waals surface area contributed by atoms with Crippen molar-refractivity contribution in [1.82, 2.24) is 120 Å². The van der Waals surface area contributed by atoms with Gasteiger partial charge in [0.15, 0.2) is 34.9 Å². The Balaban J connectivity index is 0.000000129. The van der Waals surface area contributed by atoms with Crippen molar-refractivity contribution in [2.45, 2.75) is 106 Å². The first-order chi connectivity index (χ1) is 69.6. The molecule has 36 heteroatoms. The molecule has 0 spiro atoms. The van der Waals surface area contributed by atoms with Gasteiger partial charge in [-0.05, 0) is 162 Å². The molecule has 0 aliphatic heterocycles. The third-order valence-corrected chi connectivity index (χ3v) is 20.8. The zero-order chi connectivity index (χ0) is 98.1. The van der Waals surface area contributed by atoms with Gasteiger partial charge < -0.3 is 63.8 Å². The molecule has 12 aromatic heterocycles. The van der Waals surface area contributed by atoms with E-state index in [4.69, 9.17) is 0 Å². The van der Waals surface area contributed by atoms with Gasteiger partial charge in [-0.3, -0.25) is 29.9 Å². The summed E-state index contributed by atoms with van der Waals surface area (Å²) < 4.78 is 0. The van der Waals surface area contributed by atoms with Crippen molar-refractivity contribution < 1.29 is 0 Å². The van der Waals surface area contributed by atoms with Crippen molar-refractivity contribution in [3.8, 4) is 68.5 Å². The lowest BCUT2D eigenvalue weighted by molar-refractivity contribution is 0.556. The van der Waals surface area contributed by atoms with Crippen LogP contribution in [0.15, 0.2) is 329 Å². The Labute approximate surface area is 824 Å². The highest BCUT2D eigenvalue weighted by Gasteiger charge is 2.25. The number of nitrogens with zero attached hydrogens (tertiary/aromatic N) is 24. The molecule has 1 atom stereocenters. The Hall–Kier alpha value is -18.1. The van der Waals surface area contributed by atoms with Gasteiger partial charge >= 0.3 is 0 Å². The smallest absolute Gasteiger partial charge is 0.232 e. The number of aromatic nitrogens is 24. The summed E-state index contributed by atoms with van der Waals surface area (Å²) in [5.41, 5.74) is 10.8. The summed E-state index contributed by atoms with van der Waals surface area (Å²) >= 11 is 0. The van der Waals surface area contributed by atoms with E-state index in [0.29, 0.717) is 130 Å². The first-order valence-corrected chi connectivity index (χ1v) is 47.0. The molecule has 0 saturated heterocycles. The minimum absolute atomic E-state index is 0.221. The van der Waals surface area contributed by atoms with Gasteiger partial charge in [-0.15, -0.1) is 0 Å². The number of rotatable bonds is 34. The zero-order valence-electron chi connectivity index (χ0n) is 80.0. The summed E-state index contributed by atoms with van der Waals surface area (Å²) in [5.74, 6) is 12.0. The fourth-order valence-electron chi connectivity index (χ4n) is 12.9. The van der Waals surface area contributed by atoms with E-state index in [2.05, 4.69) is 218 Å². The molecule has 18 aromatic rings. The molecule has 12 heterocycles. The molecule has 2 aliphatic rings. The van der Waals surface area contributed by atoms with Crippen molar-refractivity contribution in [1.29, 1.82) is 0 Å². The average molecular weight is 1890 g/mol. The van der Waals surface area contributed by atoms with Crippen LogP contribution in [0.1, 0.15) is 87.5 Å². The molecule has 2 saturated carbocycles. The number of pyridine rings is 6. The highest BCUT2D eigenvalue weighted by atomic mass is 15.3. The van der Waals surface area contributed by atoms with E-state index in [1.165, 1.54) is 25.7 Å². The summed E-state index contributed by atoms with van der Waals surface area (Å²) in [5, 5.41) is 38.9. The Kier molecular flexibility index (Phi) is 35.8. The van der Waals surface area contributed by atoms with Gasteiger partial charge in [0, 0.05) is 168 Å². The van der Waals surface area contributed by atoms with Gasteiger partial charge in [0.05, 0.1) is 0 Å². The van der Waals surface area contributed by atoms with Crippen LogP contribution in [-0.4, -0.2) is 157 Å². The number of hydrogen-bond acceptors (Lipinski definition) is 36. The minimum atomic E-state index is 0.221. The first-order valence-electron chi connectivity index (χ1n) is 47.0. The monoisotopic (exact) mass is 1890 g/mol. The summed E-state index contributed by atoms with van der Waals surface area (Å²) in [6.07, 6.45) is 24.9. The molecular weight excluding hydrogens is 1780 g/mol. The molecule has 6 aromatic carbocycles. The second kappa shape index (κ2) is 51.7. The van der Waals surface area contributed by atoms with E-state index in [9.17, 15) is 0 Å². The Morgan fingerprint density at radius 3 is 0.873 bits per heavy atom. The van der Waals surface area contributed by atoms with Crippen molar-refractivity contribution in [2.75, 3.05) is 83.4 Å². The van der Waals surface area contributed by atoms with Gasteiger partial charge in [-0.2, -0.15) is 89.7 Å². The Bertz CT molecular complexity index is 6670. The van der Waals surface area contributed by atoms with Crippen LogP contribution in [0.4, 0.5) is 106 Å². The second-order valence-electron chi connectivity index (χ2n) is 33.5. The van der Waals surface area contributed by atoms with E-state index in [1.54, 1.807) is 68.2 Å². The predicted octanol–water partition coefficient (Wildman–Crippen LogP) is 21.6. The summed E-state index contributed by atoms with van der Waals surface area (Å²) in [6, 6.07) is 84.6. The zero-order valence-corrected chi connectivity index (χ0v) is 80.0. The number of benzene rings is 6. The maximum Gasteiger partial charge on any atom is 0.232 e. The van der Waals surface area contributed by atoms with Gasteiger partial charge in [0.2, 0.25) is 71.4 Å². The van der Waals surface area contributed by atoms with E-state index < -0.39 is 0 Å². The molecule has 142 heavy (non-hydrogen) atoms. The predicted molar refractivity (Wildman–Crippen MR) is 563 cm³/mol. The summed E-state index contributed by atoms with van der Waals surface area (Å²) in [4.78, 5) is 105.